The van der Waals surface area contributed by atoms with Gasteiger partial charge >= 0.3 is 0 Å². The van der Waals surface area contributed by atoms with Crippen LogP contribution in [0.1, 0.15) is 15.6 Å². The molecule has 1 heterocycles. The van der Waals surface area contributed by atoms with Gasteiger partial charge in [0.1, 0.15) is 28.5 Å². The number of hydrogen-bond donors (Lipinski definition) is 3. The van der Waals surface area contributed by atoms with Gasteiger partial charge in [-0.25, -0.2) is 0 Å². The van der Waals surface area contributed by atoms with Gasteiger partial charge in [0, 0.05) is 18.7 Å². The fourth-order valence-corrected chi connectivity index (χ4v) is 2.48. The number of hydrogen-bond acceptors (Lipinski definition) is 7. The Kier molecular flexibility index (Phi) is 7.15. The molecule has 1 aromatic carbocycles. The quantitative estimate of drug-likeness (QED) is 0.600. The van der Waals surface area contributed by atoms with Crippen LogP contribution in [0.3, 0.4) is 0 Å². The summed E-state index contributed by atoms with van der Waals surface area (Å²) in [5, 5.41) is 31.2. The van der Waals surface area contributed by atoms with Crippen LogP contribution < -0.4 is 10.1 Å². The SMILES string of the molecule is Cc1nnc(C=Cc2ccccc2OCC(O)CNCCO)s1. The predicted molar refractivity (Wildman–Crippen MR) is 91.5 cm³/mol. The van der Waals surface area contributed by atoms with E-state index >= 15 is 0 Å². The van der Waals surface area contributed by atoms with E-state index in [1.807, 2.05) is 43.3 Å². The molecule has 0 fully saturated rings. The Labute approximate surface area is 139 Å². The number of nitrogens with one attached hydrogen (secondary N) is 1. The van der Waals surface area contributed by atoms with Gasteiger partial charge in [0.05, 0.1) is 6.61 Å². The molecule has 1 atom stereocenters. The van der Waals surface area contributed by atoms with E-state index < -0.39 is 6.10 Å². The Morgan fingerprint density at radius 2 is 2.13 bits per heavy atom. The minimum absolute atomic E-state index is 0.0479. The highest BCUT2D eigenvalue weighted by atomic mass is 32.1. The lowest BCUT2D eigenvalue weighted by Crippen LogP contribution is -2.33. The summed E-state index contributed by atoms with van der Waals surface area (Å²) in [6.07, 6.45) is 3.18. The van der Waals surface area contributed by atoms with Crippen molar-refractivity contribution in [2.45, 2.75) is 13.0 Å². The van der Waals surface area contributed by atoms with Gasteiger partial charge < -0.3 is 20.3 Å². The number of nitrogens with zero attached hydrogens (tertiary/aromatic N) is 2. The smallest absolute Gasteiger partial charge is 0.140 e. The number of aromatic nitrogens is 2. The van der Waals surface area contributed by atoms with Crippen molar-refractivity contribution in [3.63, 3.8) is 0 Å². The molecule has 3 N–H and O–H groups in total. The van der Waals surface area contributed by atoms with E-state index in [1.54, 1.807) is 0 Å². The van der Waals surface area contributed by atoms with Crippen molar-refractivity contribution in [1.29, 1.82) is 0 Å². The van der Waals surface area contributed by atoms with Crippen molar-refractivity contribution in [3.05, 3.63) is 39.8 Å². The van der Waals surface area contributed by atoms with Crippen molar-refractivity contribution < 1.29 is 14.9 Å². The number of aliphatic hydroxyl groups is 2. The molecule has 2 aromatic rings. The molecule has 0 saturated carbocycles. The third-order valence-corrected chi connectivity index (χ3v) is 3.77. The molecule has 0 bridgehead atoms. The average Bonchev–Trinajstić information content (AvgIpc) is 2.97. The molecule has 0 radical (unpaired) electrons. The summed E-state index contributed by atoms with van der Waals surface area (Å²) < 4.78 is 5.69. The normalized spacial score (nSPS) is 12.7. The third kappa shape index (κ3) is 6.07. The molecule has 6 nitrogen and oxygen atoms in total. The van der Waals surface area contributed by atoms with Crippen molar-refractivity contribution in [2.75, 3.05) is 26.3 Å². The van der Waals surface area contributed by atoms with Crippen LogP contribution in [0.15, 0.2) is 24.3 Å². The molecule has 23 heavy (non-hydrogen) atoms. The Bertz CT molecular complexity index is 631. The minimum atomic E-state index is -0.635. The number of rotatable bonds is 9. The lowest BCUT2D eigenvalue weighted by molar-refractivity contribution is 0.105. The van der Waals surface area contributed by atoms with Gasteiger partial charge in [-0.15, -0.1) is 10.2 Å². The van der Waals surface area contributed by atoms with E-state index in [1.165, 1.54) is 11.3 Å². The zero-order chi connectivity index (χ0) is 16.5. The lowest BCUT2D eigenvalue weighted by atomic mass is 10.2. The maximum Gasteiger partial charge on any atom is 0.140 e. The summed E-state index contributed by atoms with van der Waals surface area (Å²) in [6.45, 7) is 2.98. The second-order valence-electron chi connectivity index (χ2n) is 4.92. The van der Waals surface area contributed by atoms with Crippen LogP contribution in [0.2, 0.25) is 0 Å². The summed E-state index contributed by atoms with van der Waals surface area (Å²) >= 11 is 1.52. The van der Waals surface area contributed by atoms with Crippen LogP contribution in [-0.2, 0) is 0 Å². The number of aryl methyl sites for hydroxylation is 1. The minimum Gasteiger partial charge on any atom is -0.490 e. The molecule has 7 heteroatoms. The fraction of sp³-hybridized carbons (Fsp3) is 0.375. The zero-order valence-electron chi connectivity index (χ0n) is 13.0. The molecule has 1 aromatic heterocycles. The van der Waals surface area contributed by atoms with E-state index in [4.69, 9.17) is 9.84 Å². The second-order valence-corrected chi connectivity index (χ2v) is 6.14. The molecule has 0 amide bonds. The molecule has 0 aliphatic rings. The standard InChI is InChI=1S/C16H21N3O3S/c1-12-18-19-16(23-12)7-6-13-4-2-3-5-15(13)22-11-14(21)10-17-8-9-20/h2-7,14,17,20-21H,8-11H2,1H3. The Morgan fingerprint density at radius 3 is 2.87 bits per heavy atom. The summed E-state index contributed by atoms with van der Waals surface area (Å²) in [7, 11) is 0. The average molecular weight is 335 g/mol. The van der Waals surface area contributed by atoms with Crippen molar-refractivity contribution >= 4 is 23.5 Å². The molecular weight excluding hydrogens is 314 g/mol. The van der Waals surface area contributed by atoms with Crippen LogP contribution in [-0.4, -0.2) is 52.8 Å². The first-order chi connectivity index (χ1) is 11.2. The van der Waals surface area contributed by atoms with Gasteiger partial charge in [-0.1, -0.05) is 29.5 Å². The Morgan fingerprint density at radius 1 is 1.30 bits per heavy atom. The summed E-state index contributed by atoms with van der Waals surface area (Å²) in [4.78, 5) is 0. The Hall–Kier alpha value is -1.80. The molecule has 2 rings (SSSR count). The number of benzene rings is 1. The first-order valence-electron chi connectivity index (χ1n) is 7.38. The van der Waals surface area contributed by atoms with E-state index in [0.717, 1.165) is 15.6 Å². The molecule has 0 spiro atoms. The highest BCUT2D eigenvalue weighted by molar-refractivity contribution is 7.12. The predicted octanol–water partition coefficient (Wildman–Crippen LogP) is 1.34. The van der Waals surface area contributed by atoms with Gasteiger partial charge in [0.25, 0.3) is 0 Å². The largest absolute Gasteiger partial charge is 0.490 e. The van der Waals surface area contributed by atoms with Crippen LogP contribution in [0, 0.1) is 6.92 Å². The van der Waals surface area contributed by atoms with Crippen LogP contribution >= 0.6 is 11.3 Å². The van der Waals surface area contributed by atoms with Crippen molar-refractivity contribution in [2.24, 2.45) is 0 Å². The number of para-hydroxylation sites is 1. The molecule has 0 aliphatic heterocycles. The number of aliphatic hydroxyl groups excluding tert-OH is 2. The summed E-state index contributed by atoms with van der Waals surface area (Å²) in [5.74, 6) is 0.700. The fourth-order valence-electron chi connectivity index (χ4n) is 1.88. The summed E-state index contributed by atoms with van der Waals surface area (Å²) in [6, 6.07) is 7.62. The molecule has 0 aliphatic carbocycles. The molecule has 0 saturated heterocycles. The highest BCUT2D eigenvalue weighted by Gasteiger charge is 2.06. The van der Waals surface area contributed by atoms with E-state index in [-0.39, 0.29) is 13.2 Å². The molecular formula is C16H21N3O3S. The van der Waals surface area contributed by atoms with E-state index in [0.29, 0.717) is 18.8 Å². The van der Waals surface area contributed by atoms with Crippen LogP contribution in [0.4, 0.5) is 0 Å². The van der Waals surface area contributed by atoms with Crippen LogP contribution in [0.5, 0.6) is 5.75 Å². The zero-order valence-corrected chi connectivity index (χ0v) is 13.8. The van der Waals surface area contributed by atoms with E-state index in [9.17, 15) is 5.11 Å². The third-order valence-electron chi connectivity index (χ3n) is 2.97. The second kappa shape index (κ2) is 9.36. The maximum atomic E-state index is 9.83. The topological polar surface area (TPSA) is 87.5 Å². The lowest BCUT2D eigenvalue weighted by Gasteiger charge is -2.14. The van der Waals surface area contributed by atoms with Gasteiger partial charge in [-0.2, -0.15) is 0 Å². The summed E-state index contributed by atoms with van der Waals surface area (Å²) in [5.41, 5.74) is 0.913. The molecule has 1 unspecified atom stereocenters. The van der Waals surface area contributed by atoms with Crippen LogP contribution in [0.25, 0.3) is 12.2 Å². The van der Waals surface area contributed by atoms with Crippen molar-refractivity contribution in [3.8, 4) is 5.75 Å². The number of ether oxygens (including phenoxy) is 1. The van der Waals surface area contributed by atoms with Gasteiger partial charge in [0.15, 0.2) is 0 Å². The molecule has 124 valence electrons. The Balaban J connectivity index is 1.93. The first kappa shape index (κ1) is 17.6. The first-order valence-corrected chi connectivity index (χ1v) is 8.20. The van der Waals surface area contributed by atoms with E-state index in [2.05, 4.69) is 15.5 Å². The maximum absolute atomic E-state index is 9.83. The van der Waals surface area contributed by atoms with Gasteiger partial charge in [0.2, 0.25) is 0 Å². The monoisotopic (exact) mass is 335 g/mol. The van der Waals surface area contributed by atoms with Gasteiger partial charge in [-0.05, 0) is 25.1 Å². The van der Waals surface area contributed by atoms with Gasteiger partial charge in [-0.3, -0.25) is 0 Å². The highest BCUT2D eigenvalue weighted by Crippen LogP contribution is 2.21. The van der Waals surface area contributed by atoms with Crippen molar-refractivity contribution in [1.82, 2.24) is 15.5 Å².